The molecule has 4 nitrogen and oxygen atoms in total. The maximum atomic E-state index is 10.5. The second-order valence-corrected chi connectivity index (χ2v) is 2.61. The van der Waals surface area contributed by atoms with E-state index in [0.717, 1.165) is 0 Å². The van der Waals surface area contributed by atoms with Crippen LogP contribution in [0.3, 0.4) is 0 Å². The van der Waals surface area contributed by atoms with Gasteiger partial charge < -0.3 is 15.2 Å². The van der Waals surface area contributed by atoms with Crippen LogP contribution in [0.5, 0.6) is 0 Å². The Morgan fingerprint density at radius 1 is 1.36 bits per heavy atom. The summed E-state index contributed by atoms with van der Waals surface area (Å²) in [7, 11) is 0. The predicted octanol–water partition coefficient (Wildman–Crippen LogP) is 0.936. The van der Waals surface area contributed by atoms with E-state index in [1.165, 1.54) is 6.92 Å². The van der Waals surface area contributed by atoms with Crippen LogP contribution in [-0.2, 0) is 9.53 Å². The van der Waals surface area contributed by atoms with Gasteiger partial charge in [0, 0.05) is 6.92 Å². The molecule has 1 saturated heterocycles. The Labute approximate surface area is 86.6 Å². The Morgan fingerprint density at radius 2 is 1.79 bits per heavy atom. The minimum atomic E-state index is -0.480. The van der Waals surface area contributed by atoms with Crippen molar-refractivity contribution in [3.8, 4) is 0 Å². The number of hydrogen-bond donors (Lipinski definition) is 2. The number of ether oxygens (including phenoxy) is 1. The van der Waals surface area contributed by atoms with E-state index in [1.807, 2.05) is 27.7 Å². The number of carbonyl (C=O) groups excluding carboxylic acids is 1. The van der Waals surface area contributed by atoms with Crippen molar-refractivity contribution in [2.75, 3.05) is 19.8 Å². The first-order chi connectivity index (χ1) is 6.68. The molecule has 0 atom stereocenters. The summed E-state index contributed by atoms with van der Waals surface area (Å²) in [4.78, 5) is 10.5. The first-order valence-corrected chi connectivity index (χ1v) is 5.16. The van der Waals surface area contributed by atoms with Crippen LogP contribution < -0.4 is 5.32 Å². The van der Waals surface area contributed by atoms with Gasteiger partial charge in [-0.3, -0.25) is 4.79 Å². The van der Waals surface area contributed by atoms with Crippen molar-refractivity contribution < 1.29 is 14.6 Å². The van der Waals surface area contributed by atoms with E-state index in [0.29, 0.717) is 13.2 Å². The zero-order chi connectivity index (χ0) is 11.6. The maximum Gasteiger partial charge on any atom is 0.217 e. The Morgan fingerprint density at radius 3 is 1.86 bits per heavy atom. The average Bonchev–Trinajstić information content (AvgIpc) is 2.18. The number of carbonyl (C=O) groups is 1. The van der Waals surface area contributed by atoms with Crippen LogP contribution >= 0.6 is 0 Å². The normalized spacial score (nSPS) is 16.1. The smallest absolute Gasteiger partial charge is 0.217 e. The predicted molar refractivity (Wildman–Crippen MR) is 57.1 cm³/mol. The van der Waals surface area contributed by atoms with Gasteiger partial charge in [0.05, 0.1) is 19.8 Å². The Bertz CT molecular complexity index is 139. The quantitative estimate of drug-likeness (QED) is 0.705. The fourth-order valence-electron chi connectivity index (χ4n) is 0.925. The standard InChI is InChI=1S/C6H11NO3.2C2H6/c1-5(9)7-6(2-8)3-10-4-6;2*1-2/h8H,2-4H2,1H3,(H,7,9);2*1-2H3. The highest BCUT2D eigenvalue weighted by Gasteiger charge is 2.38. The number of aliphatic hydroxyl groups excluding tert-OH is 1. The number of hydrogen-bond acceptors (Lipinski definition) is 3. The number of aliphatic hydroxyl groups is 1. The molecule has 2 N–H and O–H groups in total. The number of nitrogens with one attached hydrogen (secondary N) is 1. The third-order valence-electron chi connectivity index (χ3n) is 1.50. The molecule has 1 aliphatic rings. The highest BCUT2D eigenvalue weighted by molar-refractivity contribution is 5.74. The number of rotatable bonds is 2. The van der Waals surface area contributed by atoms with Crippen LogP contribution in [0, 0.1) is 0 Å². The molecular formula is C10H23NO3. The van der Waals surface area contributed by atoms with Crippen LogP contribution in [0.4, 0.5) is 0 Å². The molecule has 4 heteroatoms. The van der Waals surface area contributed by atoms with E-state index >= 15 is 0 Å². The zero-order valence-corrected chi connectivity index (χ0v) is 9.89. The SMILES string of the molecule is CC.CC.CC(=O)NC1(CO)COC1. The van der Waals surface area contributed by atoms with E-state index in [-0.39, 0.29) is 12.5 Å². The van der Waals surface area contributed by atoms with Crippen molar-refractivity contribution in [1.82, 2.24) is 5.32 Å². The third kappa shape index (κ3) is 5.19. The van der Waals surface area contributed by atoms with Gasteiger partial charge in [0.2, 0.25) is 5.91 Å². The van der Waals surface area contributed by atoms with Crippen molar-refractivity contribution >= 4 is 5.91 Å². The van der Waals surface area contributed by atoms with Gasteiger partial charge in [0.25, 0.3) is 0 Å². The molecule has 0 aliphatic carbocycles. The molecule has 0 aromatic heterocycles. The van der Waals surface area contributed by atoms with Gasteiger partial charge in [0.15, 0.2) is 0 Å². The lowest BCUT2D eigenvalue weighted by atomic mass is 9.99. The van der Waals surface area contributed by atoms with Gasteiger partial charge in [-0.2, -0.15) is 0 Å². The molecule has 0 spiro atoms. The highest BCUT2D eigenvalue weighted by Crippen LogP contribution is 2.15. The Hall–Kier alpha value is -0.610. The van der Waals surface area contributed by atoms with Crippen LogP contribution in [0.1, 0.15) is 34.6 Å². The minimum absolute atomic E-state index is 0.0490. The number of amides is 1. The van der Waals surface area contributed by atoms with Crippen LogP contribution in [-0.4, -0.2) is 36.4 Å². The lowest BCUT2D eigenvalue weighted by Crippen LogP contribution is -2.64. The molecule has 1 heterocycles. The van der Waals surface area contributed by atoms with Crippen molar-refractivity contribution in [1.29, 1.82) is 0 Å². The molecule has 0 aromatic carbocycles. The second kappa shape index (κ2) is 8.97. The summed E-state index contributed by atoms with van der Waals surface area (Å²) in [5.74, 6) is -0.127. The van der Waals surface area contributed by atoms with Crippen molar-refractivity contribution in [3.05, 3.63) is 0 Å². The summed E-state index contributed by atoms with van der Waals surface area (Å²) < 4.78 is 4.86. The lowest BCUT2D eigenvalue weighted by molar-refractivity contribution is -0.135. The van der Waals surface area contributed by atoms with E-state index in [9.17, 15) is 4.79 Å². The first kappa shape index (κ1) is 15.8. The Kier molecular flexibility index (Phi) is 10.1. The zero-order valence-electron chi connectivity index (χ0n) is 9.89. The van der Waals surface area contributed by atoms with E-state index in [4.69, 9.17) is 9.84 Å². The molecule has 0 aromatic rings. The molecule has 1 rings (SSSR count). The molecule has 0 unspecified atom stereocenters. The largest absolute Gasteiger partial charge is 0.394 e. The molecule has 1 fully saturated rings. The van der Waals surface area contributed by atoms with Gasteiger partial charge in [-0.1, -0.05) is 27.7 Å². The summed E-state index contributed by atoms with van der Waals surface area (Å²) in [5.41, 5.74) is -0.480. The van der Waals surface area contributed by atoms with Gasteiger partial charge in [-0.15, -0.1) is 0 Å². The lowest BCUT2D eigenvalue weighted by Gasteiger charge is -2.40. The minimum Gasteiger partial charge on any atom is -0.394 e. The fourth-order valence-corrected chi connectivity index (χ4v) is 0.925. The maximum absolute atomic E-state index is 10.5. The molecule has 86 valence electrons. The van der Waals surface area contributed by atoms with Crippen molar-refractivity contribution in [2.24, 2.45) is 0 Å². The van der Waals surface area contributed by atoms with Crippen molar-refractivity contribution in [2.45, 2.75) is 40.2 Å². The summed E-state index contributed by atoms with van der Waals surface area (Å²) in [6.45, 7) is 10.2. The van der Waals surface area contributed by atoms with Gasteiger partial charge in [-0.05, 0) is 0 Å². The van der Waals surface area contributed by atoms with E-state index < -0.39 is 5.54 Å². The summed E-state index contributed by atoms with van der Waals surface area (Å²) in [6.07, 6.45) is 0. The first-order valence-electron chi connectivity index (χ1n) is 5.16. The van der Waals surface area contributed by atoms with Crippen LogP contribution in [0.2, 0.25) is 0 Å². The summed E-state index contributed by atoms with van der Waals surface area (Å²) in [6, 6.07) is 0. The van der Waals surface area contributed by atoms with E-state index in [2.05, 4.69) is 5.32 Å². The average molecular weight is 205 g/mol. The molecule has 0 radical (unpaired) electrons. The molecule has 1 aliphatic heterocycles. The summed E-state index contributed by atoms with van der Waals surface area (Å²) in [5, 5.41) is 11.4. The topological polar surface area (TPSA) is 58.6 Å². The third-order valence-corrected chi connectivity index (χ3v) is 1.50. The molecule has 0 saturated carbocycles. The second-order valence-electron chi connectivity index (χ2n) is 2.61. The van der Waals surface area contributed by atoms with Crippen LogP contribution in [0.15, 0.2) is 0 Å². The van der Waals surface area contributed by atoms with Gasteiger partial charge in [0.1, 0.15) is 5.54 Å². The Balaban J connectivity index is 0. The molecule has 1 amide bonds. The molecular weight excluding hydrogens is 182 g/mol. The molecule has 14 heavy (non-hydrogen) atoms. The molecule has 0 bridgehead atoms. The summed E-state index contributed by atoms with van der Waals surface area (Å²) >= 11 is 0. The monoisotopic (exact) mass is 205 g/mol. The van der Waals surface area contributed by atoms with Gasteiger partial charge in [-0.25, -0.2) is 0 Å². The van der Waals surface area contributed by atoms with Crippen LogP contribution in [0.25, 0.3) is 0 Å². The highest BCUT2D eigenvalue weighted by atomic mass is 16.5. The fraction of sp³-hybridized carbons (Fsp3) is 0.900. The van der Waals surface area contributed by atoms with Gasteiger partial charge >= 0.3 is 0 Å². The van der Waals surface area contributed by atoms with E-state index in [1.54, 1.807) is 0 Å². The van der Waals surface area contributed by atoms with Crippen molar-refractivity contribution in [3.63, 3.8) is 0 Å².